The van der Waals surface area contributed by atoms with Gasteiger partial charge in [-0.1, -0.05) is 41.4 Å². The summed E-state index contributed by atoms with van der Waals surface area (Å²) in [6.45, 7) is 1.75. The second-order valence-corrected chi connectivity index (χ2v) is 6.85. The normalized spacial score (nSPS) is 11.0. The molecule has 28 heavy (non-hydrogen) atoms. The summed E-state index contributed by atoms with van der Waals surface area (Å²) < 4.78 is 0. The second kappa shape index (κ2) is 8.82. The quantitative estimate of drug-likeness (QED) is 0.379. The highest BCUT2D eigenvalue weighted by atomic mass is 35.5. The van der Waals surface area contributed by atoms with Gasteiger partial charge < -0.3 is 5.32 Å². The molecule has 0 bridgehead atoms. The number of pyridine rings is 1. The molecule has 6 nitrogen and oxygen atoms in total. The summed E-state index contributed by atoms with van der Waals surface area (Å²) in [6, 6.07) is 14.1. The van der Waals surface area contributed by atoms with Crippen LogP contribution in [0.4, 0.5) is 0 Å². The lowest BCUT2D eigenvalue weighted by Gasteiger charge is -2.05. The van der Waals surface area contributed by atoms with Gasteiger partial charge in [-0.15, -0.1) is 0 Å². The van der Waals surface area contributed by atoms with Gasteiger partial charge in [0.15, 0.2) is 0 Å². The van der Waals surface area contributed by atoms with Crippen LogP contribution in [-0.4, -0.2) is 29.6 Å². The standard InChI is InChI=1S/C20H16Cl2N4O2/c1-12-5-6-13-8-15(19(22)25-17(13)7-12)10-24-26-18(27)11-23-20(28)14-3-2-4-16(21)9-14/h2-10H,11H2,1H3,(H,23,28)(H,26,27)/b24-10-. The monoisotopic (exact) mass is 414 g/mol. The zero-order valence-electron chi connectivity index (χ0n) is 14.9. The fourth-order valence-electron chi connectivity index (χ4n) is 2.47. The van der Waals surface area contributed by atoms with Gasteiger partial charge in [-0.05, 0) is 42.8 Å². The van der Waals surface area contributed by atoms with Gasteiger partial charge in [0.2, 0.25) is 0 Å². The molecule has 8 heteroatoms. The van der Waals surface area contributed by atoms with E-state index in [1.165, 1.54) is 12.3 Å². The maximum atomic E-state index is 12.0. The number of hydrazone groups is 1. The molecule has 2 N–H and O–H groups in total. The number of amides is 2. The number of halogens is 2. The van der Waals surface area contributed by atoms with Gasteiger partial charge in [0.1, 0.15) is 5.15 Å². The van der Waals surface area contributed by atoms with Crippen LogP contribution < -0.4 is 10.7 Å². The number of aromatic nitrogens is 1. The van der Waals surface area contributed by atoms with E-state index >= 15 is 0 Å². The van der Waals surface area contributed by atoms with Crippen molar-refractivity contribution in [3.63, 3.8) is 0 Å². The van der Waals surface area contributed by atoms with Gasteiger partial charge in [-0.25, -0.2) is 10.4 Å². The third-order valence-electron chi connectivity index (χ3n) is 3.84. The van der Waals surface area contributed by atoms with Crippen molar-refractivity contribution in [1.82, 2.24) is 15.7 Å². The lowest BCUT2D eigenvalue weighted by Crippen LogP contribution is -2.34. The number of rotatable bonds is 5. The molecule has 0 aliphatic carbocycles. The Hall–Kier alpha value is -2.96. The Morgan fingerprint density at radius 3 is 2.75 bits per heavy atom. The van der Waals surface area contributed by atoms with E-state index in [4.69, 9.17) is 23.2 Å². The molecule has 0 aliphatic rings. The SMILES string of the molecule is Cc1ccc2cc(/C=N\NC(=O)CNC(=O)c3cccc(Cl)c3)c(Cl)nc2c1. The summed E-state index contributed by atoms with van der Waals surface area (Å²) in [6.07, 6.45) is 1.41. The minimum atomic E-state index is -0.480. The zero-order valence-corrected chi connectivity index (χ0v) is 16.4. The van der Waals surface area contributed by atoms with E-state index in [9.17, 15) is 9.59 Å². The van der Waals surface area contributed by atoms with Gasteiger partial charge in [0.05, 0.1) is 18.3 Å². The van der Waals surface area contributed by atoms with E-state index in [2.05, 4.69) is 20.8 Å². The van der Waals surface area contributed by atoms with Crippen molar-refractivity contribution in [1.29, 1.82) is 0 Å². The zero-order chi connectivity index (χ0) is 20.1. The van der Waals surface area contributed by atoms with E-state index in [-0.39, 0.29) is 11.7 Å². The predicted molar refractivity (Wildman–Crippen MR) is 111 cm³/mol. The lowest BCUT2D eigenvalue weighted by atomic mass is 10.1. The Bertz CT molecular complexity index is 1080. The molecular formula is C20H16Cl2N4O2. The molecular weight excluding hydrogens is 399 g/mol. The van der Waals surface area contributed by atoms with Crippen molar-refractivity contribution in [2.24, 2.45) is 5.10 Å². The Morgan fingerprint density at radius 1 is 1.14 bits per heavy atom. The summed E-state index contributed by atoms with van der Waals surface area (Å²) in [5.74, 6) is -0.883. The summed E-state index contributed by atoms with van der Waals surface area (Å²) in [7, 11) is 0. The van der Waals surface area contributed by atoms with Crippen molar-refractivity contribution >= 4 is 52.1 Å². The minimum absolute atomic E-state index is 0.230. The molecule has 0 fully saturated rings. The molecule has 0 atom stereocenters. The number of nitrogens with one attached hydrogen (secondary N) is 2. The van der Waals surface area contributed by atoms with Gasteiger partial charge in [0, 0.05) is 21.5 Å². The number of benzene rings is 2. The van der Waals surface area contributed by atoms with Crippen LogP contribution in [0.15, 0.2) is 53.6 Å². The van der Waals surface area contributed by atoms with Gasteiger partial charge in [0.25, 0.3) is 11.8 Å². The number of hydrogen-bond donors (Lipinski definition) is 2. The number of hydrogen-bond acceptors (Lipinski definition) is 4. The van der Waals surface area contributed by atoms with Gasteiger partial charge >= 0.3 is 0 Å². The summed E-state index contributed by atoms with van der Waals surface area (Å²) in [4.78, 5) is 28.2. The number of carbonyl (C=O) groups is 2. The molecule has 3 rings (SSSR count). The number of nitrogens with zero attached hydrogens (tertiary/aromatic N) is 2. The van der Waals surface area contributed by atoms with Crippen LogP contribution in [0.25, 0.3) is 10.9 Å². The van der Waals surface area contributed by atoms with Crippen molar-refractivity contribution in [2.45, 2.75) is 6.92 Å². The molecule has 0 spiro atoms. The van der Waals surface area contributed by atoms with E-state index in [1.807, 2.05) is 31.2 Å². The summed E-state index contributed by atoms with van der Waals surface area (Å²) >= 11 is 12.0. The van der Waals surface area contributed by atoms with E-state index in [0.29, 0.717) is 16.1 Å². The van der Waals surface area contributed by atoms with Crippen LogP contribution in [0.3, 0.4) is 0 Å². The minimum Gasteiger partial charge on any atom is -0.343 e. The third kappa shape index (κ3) is 5.06. The molecule has 0 unspecified atom stereocenters. The highest BCUT2D eigenvalue weighted by molar-refractivity contribution is 6.32. The molecule has 2 amide bonds. The first-order valence-electron chi connectivity index (χ1n) is 8.35. The number of fused-ring (bicyclic) bond motifs is 1. The van der Waals surface area contributed by atoms with Crippen LogP contribution in [0.1, 0.15) is 21.5 Å². The van der Waals surface area contributed by atoms with E-state index in [0.717, 1.165) is 16.5 Å². The molecule has 1 heterocycles. The van der Waals surface area contributed by atoms with Crippen LogP contribution >= 0.6 is 23.2 Å². The first kappa shape index (κ1) is 19.8. The summed E-state index contributed by atoms with van der Waals surface area (Å²) in [5.41, 5.74) is 5.15. The second-order valence-electron chi connectivity index (χ2n) is 6.05. The topological polar surface area (TPSA) is 83.5 Å². The van der Waals surface area contributed by atoms with Crippen molar-refractivity contribution < 1.29 is 9.59 Å². The highest BCUT2D eigenvalue weighted by Gasteiger charge is 2.08. The molecule has 0 saturated carbocycles. The van der Waals surface area contributed by atoms with E-state index < -0.39 is 11.8 Å². The van der Waals surface area contributed by atoms with Crippen LogP contribution in [-0.2, 0) is 4.79 Å². The average molecular weight is 415 g/mol. The largest absolute Gasteiger partial charge is 0.343 e. The van der Waals surface area contributed by atoms with Crippen molar-refractivity contribution in [3.8, 4) is 0 Å². The molecule has 1 aromatic heterocycles. The lowest BCUT2D eigenvalue weighted by molar-refractivity contribution is -0.120. The van der Waals surface area contributed by atoms with Crippen LogP contribution in [0.5, 0.6) is 0 Å². The molecule has 3 aromatic rings. The van der Waals surface area contributed by atoms with Gasteiger partial charge in [-0.3, -0.25) is 9.59 Å². The maximum Gasteiger partial charge on any atom is 0.259 e. The molecule has 0 saturated heterocycles. The fraction of sp³-hybridized carbons (Fsp3) is 0.100. The highest BCUT2D eigenvalue weighted by Crippen LogP contribution is 2.20. The first-order chi connectivity index (χ1) is 13.4. The van der Waals surface area contributed by atoms with Crippen LogP contribution in [0, 0.1) is 6.92 Å². The van der Waals surface area contributed by atoms with Crippen LogP contribution in [0.2, 0.25) is 10.2 Å². The summed E-state index contributed by atoms with van der Waals surface area (Å²) in [5, 5.41) is 8.00. The Labute approximate surface area is 171 Å². The Kier molecular flexibility index (Phi) is 6.23. The maximum absolute atomic E-state index is 12.0. The molecule has 142 valence electrons. The molecule has 2 aromatic carbocycles. The molecule has 0 radical (unpaired) electrons. The van der Waals surface area contributed by atoms with Crippen molar-refractivity contribution in [3.05, 3.63) is 75.4 Å². The fourth-order valence-corrected chi connectivity index (χ4v) is 2.85. The Morgan fingerprint density at radius 2 is 1.96 bits per heavy atom. The number of aryl methyl sites for hydroxylation is 1. The number of carbonyl (C=O) groups excluding carboxylic acids is 2. The predicted octanol–water partition coefficient (Wildman–Crippen LogP) is 3.73. The Balaban J connectivity index is 1.57. The third-order valence-corrected chi connectivity index (χ3v) is 4.38. The smallest absolute Gasteiger partial charge is 0.259 e. The average Bonchev–Trinajstić information content (AvgIpc) is 2.66. The molecule has 0 aliphatic heterocycles. The van der Waals surface area contributed by atoms with Crippen molar-refractivity contribution in [2.75, 3.05) is 6.54 Å². The van der Waals surface area contributed by atoms with E-state index in [1.54, 1.807) is 18.2 Å². The van der Waals surface area contributed by atoms with Gasteiger partial charge in [-0.2, -0.15) is 5.10 Å². The first-order valence-corrected chi connectivity index (χ1v) is 9.10.